The van der Waals surface area contributed by atoms with E-state index in [1.54, 1.807) is 6.08 Å². The minimum absolute atomic E-state index is 0.182. The van der Waals surface area contributed by atoms with E-state index in [9.17, 15) is 4.79 Å². The van der Waals surface area contributed by atoms with Gasteiger partial charge in [-0.2, -0.15) is 0 Å². The van der Waals surface area contributed by atoms with Gasteiger partial charge in [0.05, 0.1) is 12.7 Å². The summed E-state index contributed by atoms with van der Waals surface area (Å²) in [5.41, 5.74) is 2.75. The molecule has 0 bridgehead atoms. The van der Waals surface area contributed by atoms with Gasteiger partial charge in [-0.1, -0.05) is 49.4 Å². The molecule has 0 aliphatic heterocycles. The number of hydrogen-bond donors (Lipinski definition) is 0. The van der Waals surface area contributed by atoms with E-state index in [0.717, 1.165) is 24.1 Å². The van der Waals surface area contributed by atoms with E-state index in [1.165, 1.54) is 5.56 Å². The highest BCUT2D eigenvalue weighted by atomic mass is 16.1. The number of carbonyl (C=O) groups is 1. The number of benzene rings is 1. The van der Waals surface area contributed by atoms with E-state index >= 15 is 0 Å². The summed E-state index contributed by atoms with van der Waals surface area (Å²) in [6.07, 6.45) is 5.40. The Morgan fingerprint density at radius 3 is 2.71 bits per heavy atom. The molecule has 3 rings (SSSR count). The van der Waals surface area contributed by atoms with Crippen molar-refractivity contribution in [3.8, 4) is 0 Å². The first-order valence-corrected chi connectivity index (χ1v) is 7.24. The number of aromatic nitrogens is 3. The molecule has 4 nitrogen and oxygen atoms in total. The van der Waals surface area contributed by atoms with Crippen molar-refractivity contribution >= 4 is 11.4 Å². The summed E-state index contributed by atoms with van der Waals surface area (Å²) in [6.45, 7) is 4.68. The molecule has 108 valence electrons. The fraction of sp³-hybridized carbons (Fsp3) is 0.353. The highest BCUT2D eigenvalue weighted by molar-refractivity contribution is 6.01. The fourth-order valence-corrected chi connectivity index (χ4v) is 2.49. The van der Waals surface area contributed by atoms with Crippen molar-refractivity contribution in [3.63, 3.8) is 0 Å². The van der Waals surface area contributed by atoms with E-state index in [0.29, 0.717) is 6.54 Å². The van der Waals surface area contributed by atoms with Crippen LogP contribution in [0.2, 0.25) is 0 Å². The zero-order valence-corrected chi connectivity index (χ0v) is 12.4. The predicted octanol–water partition coefficient (Wildman–Crippen LogP) is 3.10. The topological polar surface area (TPSA) is 47.8 Å². The quantitative estimate of drug-likeness (QED) is 0.868. The van der Waals surface area contributed by atoms with Crippen molar-refractivity contribution < 1.29 is 4.79 Å². The molecule has 0 unspecified atom stereocenters. The van der Waals surface area contributed by atoms with Crippen LogP contribution < -0.4 is 0 Å². The molecule has 0 saturated carbocycles. The molecular weight excluding hydrogens is 262 g/mol. The summed E-state index contributed by atoms with van der Waals surface area (Å²) in [6, 6.07) is 10.1. The van der Waals surface area contributed by atoms with Crippen LogP contribution in [0.1, 0.15) is 37.9 Å². The van der Waals surface area contributed by atoms with Crippen molar-refractivity contribution in [1.29, 1.82) is 0 Å². The van der Waals surface area contributed by atoms with Gasteiger partial charge in [0, 0.05) is 5.41 Å². The van der Waals surface area contributed by atoms with Gasteiger partial charge >= 0.3 is 0 Å². The minimum Gasteiger partial charge on any atom is -0.294 e. The highest BCUT2D eigenvalue weighted by Crippen LogP contribution is 2.34. The maximum absolute atomic E-state index is 12.1. The van der Waals surface area contributed by atoms with Crippen molar-refractivity contribution in [2.45, 2.75) is 33.2 Å². The Morgan fingerprint density at radius 1 is 1.24 bits per heavy atom. The molecule has 4 heteroatoms. The fourth-order valence-electron chi connectivity index (χ4n) is 2.49. The van der Waals surface area contributed by atoms with E-state index in [1.807, 2.05) is 42.9 Å². The van der Waals surface area contributed by atoms with Crippen molar-refractivity contribution in [2.24, 2.45) is 5.41 Å². The third-order valence-corrected chi connectivity index (χ3v) is 4.05. The first-order chi connectivity index (χ1) is 10.0. The Bertz CT molecular complexity index is 683. The molecule has 0 saturated heterocycles. The van der Waals surface area contributed by atoms with Gasteiger partial charge in [-0.25, -0.2) is 4.68 Å². The van der Waals surface area contributed by atoms with Gasteiger partial charge < -0.3 is 0 Å². The van der Waals surface area contributed by atoms with Crippen LogP contribution in [0, 0.1) is 5.41 Å². The molecule has 1 aliphatic rings. The van der Waals surface area contributed by atoms with Gasteiger partial charge in [0.25, 0.3) is 0 Å². The second kappa shape index (κ2) is 5.28. The summed E-state index contributed by atoms with van der Waals surface area (Å²) < 4.78 is 1.82. The first-order valence-electron chi connectivity index (χ1n) is 7.24. The smallest absolute Gasteiger partial charge is 0.161 e. The van der Waals surface area contributed by atoms with Crippen molar-refractivity contribution in [1.82, 2.24) is 15.0 Å². The van der Waals surface area contributed by atoms with Gasteiger partial charge in [0.15, 0.2) is 5.78 Å². The monoisotopic (exact) mass is 281 g/mol. The second-order valence-corrected chi connectivity index (χ2v) is 6.20. The van der Waals surface area contributed by atoms with Crippen LogP contribution in [-0.2, 0) is 11.3 Å². The van der Waals surface area contributed by atoms with Gasteiger partial charge in [-0.05, 0) is 30.1 Å². The zero-order valence-electron chi connectivity index (χ0n) is 12.4. The Balaban J connectivity index is 1.78. The minimum atomic E-state index is -0.246. The molecule has 21 heavy (non-hydrogen) atoms. The highest BCUT2D eigenvalue weighted by Gasteiger charge is 2.30. The lowest BCUT2D eigenvalue weighted by Gasteiger charge is -2.26. The Kier molecular flexibility index (Phi) is 3.45. The van der Waals surface area contributed by atoms with Gasteiger partial charge in [0.2, 0.25) is 0 Å². The van der Waals surface area contributed by atoms with E-state index in [-0.39, 0.29) is 11.2 Å². The number of nitrogens with zero attached hydrogens (tertiary/aromatic N) is 3. The van der Waals surface area contributed by atoms with Crippen LogP contribution in [0.25, 0.3) is 5.57 Å². The largest absolute Gasteiger partial charge is 0.294 e. The normalized spacial score (nSPS) is 17.6. The van der Waals surface area contributed by atoms with Crippen LogP contribution >= 0.6 is 0 Å². The third-order valence-electron chi connectivity index (χ3n) is 4.05. The molecule has 0 N–H and O–H groups in total. The standard InChI is InChI=1S/C17H19N3O/c1-17(2)9-8-14(10-16(17)21)15-12-20(19-18-15)11-13-6-4-3-5-7-13/h3-7,10,12H,8-9,11H2,1-2H3. The average molecular weight is 281 g/mol. The Labute approximate surface area is 124 Å². The molecule has 1 heterocycles. The summed E-state index contributed by atoms with van der Waals surface area (Å²) in [5.74, 6) is 0.182. The molecule has 2 aromatic rings. The summed E-state index contributed by atoms with van der Waals surface area (Å²) in [5, 5.41) is 8.37. The summed E-state index contributed by atoms with van der Waals surface area (Å²) >= 11 is 0. The van der Waals surface area contributed by atoms with Crippen LogP contribution in [-0.4, -0.2) is 20.8 Å². The van der Waals surface area contributed by atoms with Gasteiger partial charge in [-0.3, -0.25) is 4.79 Å². The third kappa shape index (κ3) is 2.94. The number of hydrogen-bond acceptors (Lipinski definition) is 3. The van der Waals surface area contributed by atoms with E-state index in [2.05, 4.69) is 22.4 Å². The molecule has 1 aromatic heterocycles. The van der Waals surface area contributed by atoms with Crippen LogP contribution in [0.3, 0.4) is 0 Å². The lowest BCUT2D eigenvalue weighted by molar-refractivity contribution is -0.122. The predicted molar refractivity (Wildman–Crippen MR) is 81.6 cm³/mol. The number of carbonyl (C=O) groups excluding carboxylic acids is 1. The number of ketones is 1. The first kappa shape index (κ1) is 13.7. The SMILES string of the molecule is CC1(C)CCC(c2cn(Cc3ccccc3)nn2)=CC1=O. The van der Waals surface area contributed by atoms with E-state index in [4.69, 9.17) is 0 Å². The molecule has 1 aromatic carbocycles. The molecule has 0 atom stereocenters. The van der Waals surface area contributed by atoms with Crippen LogP contribution in [0.4, 0.5) is 0 Å². The zero-order chi connectivity index (χ0) is 14.9. The van der Waals surface area contributed by atoms with E-state index < -0.39 is 0 Å². The average Bonchev–Trinajstić information content (AvgIpc) is 2.91. The maximum Gasteiger partial charge on any atom is 0.161 e. The molecule has 1 aliphatic carbocycles. The second-order valence-electron chi connectivity index (χ2n) is 6.20. The number of allylic oxidation sites excluding steroid dienone is 2. The van der Waals surface area contributed by atoms with Gasteiger partial charge in [0.1, 0.15) is 5.69 Å². The lowest BCUT2D eigenvalue weighted by atomic mass is 9.77. The molecule has 0 radical (unpaired) electrons. The summed E-state index contributed by atoms with van der Waals surface area (Å²) in [7, 11) is 0. The van der Waals surface area contributed by atoms with Crippen LogP contribution in [0.15, 0.2) is 42.6 Å². The molecule has 0 fully saturated rings. The van der Waals surface area contributed by atoms with Gasteiger partial charge in [-0.15, -0.1) is 5.10 Å². The summed E-state index contributed by atoms with van der Waals surface area (Å²) in [4.78, 5) is 12.1. The maximum atomic E-state index is 12.1. The number of rotatable bonds is 3. The molecular formula is C17H19N3O. The Morgan fingerprint density at radius 2 is 2.00 bits per heavy atom. The van der Waals surface area contributed by atoms with Crippen molar-refractivity contribution in [3.05, 3.63) is 53.9 Å². The molecule has 0 spiro atoms. The Hall–Kier alpha value is -2.23. The van der Waals surface area contributed by atoms with Crippen LogP contribution in [0.5, 0.6) is 0 Å². The lowest BCUT2D eigenvalue weighted by Crippen LogP contribution is -2.25. The van der Waals surface area contributed by atoms with Crippen molar-refractivity contribution in [2.75, 3.05) is 0 Å². The molecule has 0 amide bonds.